The number of carboxylic acid groups (broad SMARTS) is 1. The summed E-state index contributed by atoms with van der Waals surface area (Å²) >= 11 is 0. The lowest BCUT2D eigenvalue weighted by Crippen LogP contribution is -2.38. The van der Waals surface area contributed by atoms with Gasteiger partial charge in [-0.25, -0.2) is 4.79 Å². The van der Waals surface area contributed by atoms with Crippen LogP contribution in [0.3, 0.4) is 0 Å². The van der Waals surface area contributed by atoms with E-state index in [-0.39, 0.29) is 11.7 Å². The van der Waals surface area contributed by atoms with E-state index >= 15 is 0 Å². The maximum absolute atomic E-state index is 11.3. The summed E-state index contributed by atoms with van der Waals surface area (Å²) in [6.07, 6.45) is 3.84. The highest BCUT2D eigenvalue weighted by atomic mass is 16.4. The molecule has 2 heterocycles. The minimum atomic E-state index is -0.934. The normalized spacial score (nSPS) is 17.3. The monoisotopic (exact) mass is 340 g/mol. The zero-order valence-electron chi connectivity index (χ0n) is 14.2. The number of nitrogens with zero attached hydrogens (tertiary/aromatic N) is 2. The van der Waals surface area contributed by atoms with Gasteiger partial charge in [-0.1, -0.05) is 30.3 Å². The van der Waals surface area contributed by atoms with E-state index in [1.54, 1.807) is 18.3 Å². The standard InChI is InChI=1S/C20H24N2O3/c23-19(13-15-5-2-1-3-6-15)16-8-11-22(12-9-16)14-18-17(20(24)25)7-4-10-21-18/h1-7,10,16,19,23H,8-9,11-14H2,(H,24,25). The highest BCUT2D eigenvalue weighted by Crippen LogP contribution is 2.24. The van der Waals surface area contributed by atoms with Crippen molar-refractivity contribution in [2.24, 2.45) is 5.92 Å². The van der Waals surface area contributed by atoms with Crippen molar-refractivity contribution in [1.82, 2.24) is 9.88 Å². The van der Waals surface area contributed by atoms with Crippen molar-refractivity contribution < 1.29 is 15.0 Å². The Hall–Kier alpha value is -2.24. The van der Waals surface area contributed by atoms with Crippen LogP contribution in [-0.4, -0.2) is 45.3 Å². The van der Waals surface area contributed by atoms with Crippen molar-refractivity contribution in [3.63, 3.8) is 0 Å². The summed E-state index contributed by atoms with van der Waals surface area (Å²) in [5.41, 5.74) is 2.05. The van der Waals surface area contributed by atoms with E-state index < -0.39 is 5.97 Å². The third-order valence-corrected chi connectivity index (χ3v) is 4.96. The van der Waals surface area contributed by atoms with E-state index in [1.165, 1.54) is 0 Å². The van der Waals surface area contributed by atoms with Crippen LogP contribution in [-0.2, 0) is 13.0 Å². The Labute approximate surface area is 147 Å². The first-order valence-electron chi connectivity index (χ1n) is 8.75. The van der Waals surface area contributed by atoms with Crippen molar-refractivity contribution in [1.29, 1.82) is 0 Å². The molecule has 1 saturated heterocycles. The van der Waals surface area contributed by atoms with Crippen molar-refractivity contribution in [2.45, 2.75) is 31.9 Å². The van der Waals surface area contributed by atoms with Crippen LogP contribution < -0.4 is 0 Å². The average Bonchev–Trinajstić information content (AvgIpc) is 2.63. The molecule has 5 nitrogen and oxygen atoms in total. The second-order valence-electron chi connectivity index (χ2n) is 6.67. The summed E-state index contributed by atoms with van der Waals surface area (Å²) in [5, 5.41) is 19.8. The molecular formula is C20H24N2O3. The van der Waals surface area contributed by atoms with Crippen LogP contribution in [0.4, 0.5) is 0 Å². The quantitative estimate of drug-likeness (QED) is 0.845. The van der Waals surface area contributed by atoms with Gasteiger partial charge in [0.05, 0.1) is 17.4 Å². The number of likely N-dealkylation sites (tertiary alicyclic amines) is 1. The van der Waals surface area contributed by atoms with Gasteiger partial charge in [-0.2, -0.15) is 0 Å². The molecule has 3 rings (SSSR count). The largest absolute Gasteiger partial charge is 0.478 e. The van der Waals surface area contributed by atoms with E-state index in [2.05, 4.69) is 9.88 Å². The summed E-state index contributed by atoms with van der Waals surface area (Å²) in [4.78, 5) is 17.7. The maximum Gasteiger partial charge on any atom is 0.337 e. The molecule has 5 heteroatoms. The minimum absolute atomic E-state index is 0.272. The van der Waals surface area contributed by atoms with Gasteiger partial charge in [-0.05, 0) is 56.0 Å². The lowest BCUT2D eigenvalue weighted by molar-refractivity contribution is 0.0569. The molecule has 2 N–H and O–H groups in total. The van der Waals surface area contributed by atoms with E-state index in [0.717, 1.165) is 31.5 Å². The van der Waals surface area contributed by atoms with Gasteiger partial charge in [0.15, 0.2) is 0 Å². The van der Waals surface area contributed by atoms with Crippen molar-refractivity contribution >= 4 is 5.97 Å². The number of benzene rings is 1. The molecule has 25 heavy (non-hydrogen) atoms. The molecule has 1 atom stereocenters. The Morgan fingerprint density at radius 3 is 2.56 bits per heavy atom. The van der Waals surface area contributed by atoms with Gasteiger partial charge in [0.25, 0.3) is 0 Å². The number of carbonyl (C=O) groups is 1. The predicted octanol–water partition coefficient (Wildman–Crippen LogP) is 2.60. The SMILES string of the molecule is O=C(O)c1cccnc1CN1CCC(C(O)Cc2ccccc2)CC1. The topological polar surface area (TPSA) is 73.7 Å². The van der Waals surface area contributed by atoms with Crippen molar-refractivity contribution in [3.05, 3.63) is 65.5 Å². The van der Waals surface area contributed by atoms with E-state index in [4.69, 9.17) is 0 Å². The molecule has 1 aliphatic heterocycles. The maximum atomic E-state index is 11.3. The summed E-state index contributed by atoms with van der Waals surface area (Å²) in [7, 11) is 0. The molecule has 0 aliphatic carbocycles. The number of hydrogen-bond acceptors (Lipinski definition) is 4. The van der Waals surface area contributed by atoms with Gasteiger partial charge in [-0.3, -0.25) is 9.88 Å². The number of rotatable bonds is 6. The molecule has 0 bridgehead atoms. The molecule has 0 saturated carbocycles. The second kappa shape index (κ2) is 8.23. The molecule has 1 aliphatic rings. The Balaban J connectivity index is 1.53. The van der Waals surface area contributed by atoms with Gasteiger partial charge in [0.2, 0.25) is 0 Å². The number of aliphatic hydroxyl groups excluding tert-OH is 1. The number of aliphatic hydroxyl groups is 1. The van der Waals surface area contributed by atoms with Crippen LogP contribution in [0.25, 0.3) is 0 Å². The zero-order chi connectivity index (χ0) is 17.6. The highest BCUT2D eigenvalue weighted by Gasteiger charge is 2.26. The third kappa shape index (κ3) is 4.65. The molecule has 132 valence electrons. The van der Waals surface area contributed by atoms with Gasteiger partial charge in [0, 0.05) is 12.7 Å². The Bertz CT molecular complexity index is 697. The van der Waals surface area contributed by atoms with E-state index in [1.807, 2.05) is 30.3 Å². The number of carboxylic acids is 1. The lowest BCUT2D eigenvalue weighted by atomic mass is 9.88. The number of aromatic nitrogens is 1. The number of aromatic carboxylic acids is 1. The molecule has 1 unspecified atom stereocenters. The first kappa shape index (κ1) is 17.6. The molecule has 0 radical (unpaired) electrons. The Morgan fingerprint density at radius 2 is 1.88 bits per heavy atom. The molecule has 2 aromatic rings. The third-order valence-electron chi connectivity index (χ3n) is 4.96. The van der Waals surface area contributed by atoms with Crippen molar-refractivity contribution in [3.8, 4) is 0 Å². The minimum Gasteiger partial charge on any atom is -0.478 e. The fourth-order valence-electron chi connectivity index (χ4n) is 3.49. The fourth-order valence-corrected chi connectivity index (χ4v) is 3.49. The second-order valence-corrected chi connectivity index (χ2v) is 6.67. The number of pyridine rings is 1. The van der Waals surface area contributed by atoms with Gasteiger partial charge < -0.3 is 10.2 Å². The molecule has 0 amide bonds. The smallest absolute Gasteiger partial charge is 0.337 e. The average molecular weight is 340 g/mol. The van der Waals surface area contributed by atoms with Crippen molar-refractivity contribution in [2.75, 3.05) is 13.1 Å². The molecular weight excluding hydrogens is 316 g/mol. The van der Waals surface area contributed by atoms with Crippen LogP contribution in [0.2, 0.25) is 0 Å². The first-order valence-corrected chi connectivity index (χ1v) is 8.75. The van der Waals surface area contributed by atoms with Gasteiger partial charge in [-0.15, -0.1) is 0 Å². The summed E-state index contributed by atoms with van der Waals surface area (Å²) in [6, 6.07) is 13.3. The molecule has 1 aromatic carbocycles. The Morgan fingerprint density at radius 1 is 1.16 bits per heavy atom. The highest BCUT2D eigenvalue weighted by molar-refractivity contribution is 5.88. The van der Waals surface area contributed by atoms with Gasteiger partial charge in [0.1, 0.15) is 0 Å². The fraction of sp³-hybridized carbons (Fsp3) is 0.400. The van der Waals surface area contributed by atoms with Crippen LogP contribution in [0.15, 0.2) is 48.7 Å². The predicted molar refractivity (Wildman–Crippen MR) is 95.4 cm³/mol. The number of piperidine rings is 1. The van der Waals surface area contributed by atoms with E-state index in [9.17, 15) is 15.0 Å². The van der Waals surface area contributed by atoms with E-state index in [0.29, 0.717) is 24.6 Å². The van der Waals surface area contributed by atoms with Crippen LogP contribution in [0.5, 0.6) is 0 Å². The zero-order valence-corrected chi connectivity index (χ0v) is 14.2. The summed E-state index contributed by atoms with van der Waals surface area (Å²) < 4.78 is 0. The molecule has 1 fully saturated rings. The molecule has 1 aromatic heterocycles. The summed E-state index contributed by atoms with van der Waals surface area (Å²) in [5.74, 6) is -0.643. The van der Waals surface area contributed by atoms with Gasteiger partial charge >= 0.3 is 5.97 Å². The Kier molecular flexibility index (Phi) is 5.79. The van der Waals surface area contributed by atoms with Crippen LogP contribution in [0.1, 0.15) is 34.5 Å². The lowest BCUT2D eigenvalue weighted by Gasteiger charge is -2.34. The first-order chi connectivity index (χ1) is 12.1. The van der Waals surface area contributed by atoms with Crippen LogP contribution in [0, 0.1) is 5.92 Å². The molecule has 0 spiro atoms. The number of hydrogen-bond donors (Lipinski definition) is 2. The summed E-state index contributed by atoms with van der Waals surface area (Å²) in [6.45, 7) is 2.25. The van der Waals surface area contributed by atoms with Crippen LogP contribution >= 0.6 is 0 Å².